The van der Waals surface area contributed by atoms with Gasteiger partial charge in [-0.25, -0.2) is 0 Å². The van der Waals surface area contributed by atoms with Gasteiger partial charge in [0.25, 0.3) is 0 Å². The zero-order valence-electron chi connectivity index (χ0n) is 22.8. The van der Waals surface area contributed by atoms with Gasteiger partial charge < -0.3 is 15.0 Å². The van der Waals surface area contributed by atoms with Crippen molar-refractivity contribution < 1.29 is 14.3 Å². The molecule has 0 radical (unpaired) electrons. The first-order valence-corrected chi connectivity index (χ1v) is 15.6. The quantitative estimate of drug-likeness (QED) is 0.237. The lowest BCUT2D eigenvalue weighted by Gasteiger charge is -2.33. The van der Waals surface area contributed by atoms with E-state index in [1.807, 2.05) is 54.6 Å². The summed E-state index contributed by atoms with van der Waals surface area (Å²) in [6.07, 6.45) is 5.80. The Kier molecular flexibility index (Phi) is 11.6. The Bertz CT molecular complexity index is 1250. The fourth-order valence-corrected chi connectivity index (χ4v) is 6.71. The molecule has 1 aliphatic rings. The number of methoxy groups -OCH3 is 1. The zero-order chi connectivity index (χ0) is 28.3. The van der Waals surface area contributed by atoms with E-state index >= 15 is 0 Å². The summed E-state index contributed by atoms with van der Waals surface area (Å²) in [4.78, 5) is 29.5. The third-order valence-electron chi connectivity index (χ3n) is 7.24. The van der Waals surface area contributed by atoms with Crippen LogP contribution in [-0.4, -0.2) is 41.7 Å². The first kappa shape index (κ1) is 30.3. The molecule has 8 heteroatoms. The number of hydrogen-bond donors (Lipinski definition) is 1. The molecule has 40 heavy (non-hydrogen) atoms. The predicted molar refractivity (Wildman–Crippen MR) is 165 cm³/mol. The number of carbonyl (C=O) groups is 2. The van der Waals surface area contributed by atoms with Crippen molar-refractivity contribution in [2.45, 2.75) is 62.9 Å². The fourth-order valence-electron chi connectivity index (χ4n) is 5.06. The molecule has 1 saturated carbocycles. The highest BCUT2D eigenvalue weighted by Gasteiger charge is 2.32. The Morgan fingerprint density at radius 3 is 2.33 bits per heavy atom. The van der Waals surface area contributed by atoms with Crippen molar-refractivity contribution in [3.63, 3.8) is 0 Å². The molecular formula is C32H36Cl2N2O3S. The normalized spacial score (nSPS) is 14.4. The van der Waals surface area contributed by atoms with Crippen molar-refractivity contribution in [1.29, 1.82) is 0 Å². The molecule has 0 saturated heterocycles. The summed E-state index contributed by atoms with van der Waals surface area (Å²) in [5.74, 6) is 1.17. The minimum Gasteiger partial charge on any atom is -0.497 e. The molecule has 1 aliphatic carbocycles. The molecule has 0 spiro atoms. The first-order chi connectivity index (χ1) is 19.4. The van der Waals surface area contributed by atoms with E-state index < -0.39 is 6.04 Å². The number of benzene rings is 3. The molecular weight excluding hydrogens is 563 g/mol. The number of nitrogens with one attached hydrogen (secondary N) is 1. The Balaban J connectivity index is 1.59. The fraction of sp³-hybridized carbons (Fsp3) is 0.375. The summed E-state index contributed by atoms with van der Waals surface area (Å²) < 4.78 is 5.43. The van der Waals surface area contributed by atoms with E-state index in [-0.39, 0.29) is 23.6 Å². The summed E-state index contributed by atoms with van der Waals surface area (Å²) in [6.45, 7) is 0.291. The molecule has 5 nitrogen and oxygen atoms in total. The van der Waals surface area contributed by atoms with Crippen LogP contribution in [0.15, 0.2) is 72.8 Å². The highest BCUT2D eigenvalue weighted by Crippen LogP contribution is 2.29. The van der Waals surface area contributed by atoms with Gasteiger partial charge in [-0.2, -0.15) is 0 Å². The maximum atomic E-state index is 13.9. The van der Waals surface area contributed by atoms with Crippen LogP contribution in [0.2, 0.25) is 10.0 Å². The highest BCUT2D eigenvalue weighted by atomic mass is 35.5. The van der Waals surface area contributed by atoms with E-state index in [9.17, 15) is 9.59 Å². The van der Waals surface area contributed by atoms with E-state index in [4.69, 9.17) is 27.9 Å². The molecule has 2 amide bonds. The van der Waals surface area contributed by atoms with Crippen LogP contribution >= 0.6 is 35.0 Å². The van der Waals surface area contributed by atoms with E-state index in [1.165, 1.54) is 18.2 Å². The SMILES string of the molecule is COc1cccc(CN(C(=O)CSCc2c(Cl)cccc2Cl)[C@H](Cc2ccccc2)C(=O)NC2CCCCC2)c1. The van der Waals surface area contributed by atoms with Gasteiger partial charge in [-0.1, -0.05) is 91.0 Å². The molecule has 1 fully saturated rings. The van der Waals surface area contributed by atoms with Gasteiger partial charge in [0.2, 0.25) is 11.8 Å². The lowest BCUT2D eigenvalue weighted by atomic mass is 9.94. The smallest absolute Gasteiger partial charge is 0.243 e. The third kappa shape index (κ3) is 8.66. The van der Waals surface area contributed by atoms with Gasteiger partial charge in [-0.05, 0) is 53.8 Å². The maximum Gasteiger partial charge on any atom is 0.243 e. The van der Waals surface area contributed by atoms with Gasteiger partial charge in [-0.3, -0.25) is 9.59 Å². The van der Waals surface area contributed by atoms with Gasteiger partial charge in [0.15, 0.2) is 0 Å². The summed E-state index contributed by atoms with van der Waals surface area (Å²) in [5.41, 5.74) is 2.71. The van der Waals surface area contributed by atoms with Crippen LogP contribution in [0, 0.1) is 0 Å². The molecule has 1 atom stereocenters. The summed E-state index contributed by atoms with van der Waals surface area (Å²) in [5, 5.41) is 4.44. The van der Waals surface area contributed by atoms with Gasteiger partial charge in [-0.15, -0.1) is 11.8 Å². The zero-order valence-corrected chi connectivity index (χ0v) is 25.1. The molecule has 212 valence electrons. The average Bonchev–Trinajstić information content (AvgIpc) is 2.97. The van der Waals surface area contributed by atoms with Crippen LogP contribution < -0.4 is 10.1 Å². The van der Waals surface area contributed by atoms with Crippen LogP contribution in [0.5, 0.6) is 5.75 Å². The number of hydrogen-bond acceptors (Lipinski definition) is 4. The van der Waals surface area contributed by atoms with Crippen molar-refractivity contribution in [1.82, 2.24) is 10.2 Å². The van der Waals surface area contributed by atoms with E-state index in [2.05, 4.69) is 5.32 Å². The van der Waals surface area contributed by atoms with E-state index in [0.717, 1.165) is 42.4 Å². The lowest BCUT2D eigenvalue weighted by molar-refractivity contribution is -0.139. The second-order valence-electron chi connectivity index (χ2n) is 10.1. The molecule has 1 N–H and O–H groups in total. The lowest BCUT2D eigenvalue weighted by Crippen LogP contribution is -2.53. The second kappa shape index (κ2) is 15.4. The maximum absolute atomic E-state index is 13.9. The van der Waals surface area contributed by atoms with Crippen molar-refractivity contribution >= 4 is 46.8 Å². The monoisotopic (exact) mass is 598 g/mol. The highest BCUT2D eigenvalue weighted by molar-refractivity contribution is 7.99. The number of thioether (sulfide) groups is 1. The molecule has 0 bridgehead atoms. The third-order valence-corrected chi connectivity index (χ3v) is 8.90. The van der Waals surface area contributed by atoms with Gasteiger partial charge in [0.05, 0.1) is 12.9 Å². The minimum absolute atomic E-state index is 0.105. The molecule has 3 aromatic carbocycles. The number of ether oxygens (including phenoxy) is 1. The Morgan fingerprint density at radius 1 is 0.950 bits per heavy atom. The van der Waals surface area contributed by atoms with Crippen molar-refractivity contribution in [2.24, 2.45) is 0 Å². The van der Waals surface area contributed by atoms with E-state index in [0.29, 0.717) is 34.5 Å². The standard InChI is InChI=1S/C32H36Cl2N2O3S/c1-39-26-15-8-12-24(18-26)20-36(31(37)22-40-21-27-28(33)16-9-17-29(27)34)30(19-23-10-4-2-5-11-23)32(38)35-25-13-6-3-7-14-25/h2,4-5,8-12,15-18,25,30H,3,6-7,13-14,19-22H2,1H3,(H,35,38)/t30-/m1/s1. The molecule has 0 aromatic heterocycles. The number of amides is 2. The molecule has 0 aliphatic heterocycles. The Morgan fingerprint density at radius 2 is 1.62 bits per heavy atom. The summed E-state index contributed by atoms with van der Waals surface area (Å²) >= 11 is 14.2. The Hall–Kier alpha value is -2.67. The van der Waals surface area contributed by atoms with Gasteiger partial charge in [0, 0.05) is 34.8 Å². The first-order valence-electron chi connectivity index (χ1n) is 13.7. The predicted octanol–water partition coefficient (Wildman–Crippen LogP) is 7.32. The van der Waals surface area contributed by atoms with E-state index in [1.54, 1.807) is 30.2 Å². The second-order valence-corrected chi connectivity index (χ2v) is 11.9. The van der Waals surface area contributed by atoms with Crippen molar-refractivity contribution in [3.8, 4) is 5.75 Å². The van der Waals surface area contributed by atoms with Crippen LogP contribution in [0.1, 0.15) is 48.8 Å². The Labute approximate surface area is 251 Å². The summed E-state index contributed by atoms with van der Waals surface area (Å²) in [6, 6.07) is 22.4. The molecule has 0 heterocycles. The average molecular weight is 600 g/mol. The molecule has 3 aromatic rings. The number of carbonyl (C=O) groups excluding carboxylic acids is 2. The largest absolute Gasteiger partial charge is 0.497 e. The van der Waals surface area contributed by atoms with Crippen LogP contribution in [0.3, 0.4) is 0 Å². The van der Waals surface area contributed by atoms with Crippen molar-refractivity contribution in [2.75, 3.05) is 12.9 Å². The topological polar surface area (TPSA) is 58.6 Å². The van der Waals surface area contributed by atoms with Crippen LogP contribution in [-0.2, 0) is 28.3 Å². The van der Waals surface area contributed by atoms with Gasteiger partial charge >= 0.3 is 0 Å². The van der Waals surface area contributed by atoms with Crippen LogP contribution in [0.25, 0.3) is 0 Å². The van der Waals surface area contributed by atoms with Gasteiger partial charge in [0.1, 0.15) is 11.8 Å². The number of rotatable bonds is 12. The van der Waals surface area contributed by atoms with Crippen LogP contribution in [0.4, 0.5) is 0 Å². The molecule has 4 rings (SSSR count). The number of halogens is 2. The molecule has 0 unspecified atom stereocenters. The number of nitrogens with zero attached hydrogens (tertiary/aromatic N) is 1. The van der Waals surface area contributed by atoms with Crippen molar-refractivity contribution in [3.05, 3.63) is 99.5 Å². The minimum atomic E-state index is -0.660. The summed E-state index contributed by atoms with van der Waals surface area (Å²) in [7, 11) is 1.62.